The zero-order valence-corrected chi connectivity index (χ0v) is 15.8. The van der Waals surface area contributed by atoms with Crippen molar-refractivity contribution in [1.29, 1.82) is 0 Å². The molecule has 0 spiro atoms. The fraction of sp³-hybridized carbons (Fsp3) is 0.524. The number of amides is 1. The van der Waals surface area contributed by atoms with E-state index in [1.165, 1.54) is 5.56 Å². The van der Waals surface area contributed by atoms with Crippen molar-refractivity contribution in [2.24, 2.45) is 21.1 Å². The molecule has 1 aromatic rings. The van der Waals surface area contributed by atoms with Crippen LogP contribution in [0.2, 0.25) is 0 Å². The Morgan fingerprint density at radius 2 is 1.92 bits per heavy atom. The first-order valence-electron chi connectivity index (χ1n) is 9.64. The number of aliphatic imine (C=N–C) groups is 1. The van der Waals surface area contributed by atoms with E-state index in [2.05, 4.69) is 29.3 Å². The number of hydrogen-bond acceptors (Lipinski definition) is 4. The molecule has 0 N–H and O–H groups in total. The first-order valence-corrected chi connectivity index (χ1v) is 9.64. The number of anilines is 1. The van der Waals surface area contributed by atoms with Crippen molar-refractivity contribution in [3.8, 4) is 0 Å². The Balaban J connectivity index is 1.65. The smallest absolute Gasteiger partial charge is 0.237 e. The highest BCUT2D eigenvalue weighted by atomic mass is 16.2. The van der Waals surface area contributed by atoms with Gasteiger partial charge in [0.15, 0.2) is 0 Å². The molecule has 2 unspecified atom stereocenters. The van der Waals surface area contributed by atoms with Crippen LogP contribution in [0.15, 0.2) is 27.3 Å². The summed E-state index contributed by atoms with van der Waals surface area (Å²) in [7, 11) is 0. The fourth-order valence-corrected chi connectivity index (χ4v) is 5.02. The van der Waals surface area contributed by atoms with Gasteiger partial charge in [-0.1, -0.05) is 6.42 Å². The highest BCUT2D eigenvalue weighted by Gasteiger charge is 2.46. The van der Waals surface area contributed by atoms with E-state index < -0.39 is 5.41 Å². The Labute approximate surface area is 153 Å². The summed E-state index contributed by atoms with van der Waals surface area (Å²) in [5.74, 6) is 0.815. The van der Waals surface area contributed by atoms with Gasteiger partial charge in [0.25, 0.3) is 0 Å². The lowest BCUT2D eigenvalue weighted by atomic mass is 9.83. The van der Waals surface area contributed by atoms with Crippen molar-refractivity contribution in [2.45, 2.75) is 58.3 Å². The summed E-state index contributed by atoms with van der Waals surface area (Å²) in [6.07, 6.45) is 3.35. The Bertz CT molecular complexity index is 938. The first kappa shape index (κ1) is 15.9. The largest absolute Gasteiger partial charge is 0.312 e. The van der Waals surface area contributed by atoms with E-state index in [1.807, 2.05) is 25.7 Å². The standard InChI is InChI=1S/C21H24N4O/c1-5-25-17-9-14-13-8-6-7-12-11(2)23-24-19(12)18(13)22-16(14)10-15(17)21(3,4)20(25)26/h9-10,12-13H,5-8H2,1-4H3. The van der Waals surface area contributed by atoms with Gasteiger partial charge in [-0.3, -0.25) is 9.79 Å². The maximum Gasteiger partial charge on any atom is 0.237 e. The van der Waals surface area contributed by atoms with Crippen LogP contribution in [0.3, 0.4) is 0 Å². The van der Waals surface area contributed by atoms with E-state index >= 15 is 0 Å². The molecule has 0 bridgehead atoms. The van der Waals surface area contributed by atoms with Crippen molar-refractivity contribution in [3.05, 3.63) is 23.3 Å². The molecule has 3 aliphatic heterocycles. The van der Waals surface area contributed by atoms with Gasteiger partial charge in [0.2, 0.25) is 5.91 Å². The second kappa shape index (κ2) is 5.12. The first-order chi connectivity index (χ1) is 12.4. The third-order valence-electron chi connectivity index (χ3n) is 6.55. The van der Waals surface area contributed by atoms with Crippen LogP contribution in [0, 0.1) is 5.92 Å². The van der Waals surface area contributed by atoms with Crippen LogP contribution < -0.4 is 4.90 Å². The van der Waals surface area contributed by atoms with Gasteiger partial charge < -0.3 is 4.90 Å². The van der Waals surface area contributed by atoms with E-state index in [0.29, 0.717) is 12.5 Å². The quantitative estimate of drug-likeness (QED) is 0.753. The Morgan fingerprint density at radius 1 is 1.15 bits per heavy atom. The van der Waals surface area contributed by atoms with Crippen LogP contribution >= 0.6 is 0 Å². The Morgan fingerprint density at radius 3 is 2.69 bits per heavy atom. The van der Waals surface area contributed by atoms with Crippen LogP contribution in [0.1, 0.15) is 64.0 Å². The lowest BCUT2D eigenvalue weighted by molar-refractivity contribution is -0.122. The molecule has 1 fully saturated rings. The molecule has 4 aliphatic rings. The molecule has 0 aromatic heterocycles. The summed E-state index contributed by atoms with van der Waals surface area (Å²) in [5.41, 5.74) is 7.26. The second-order valence-corrected chi connectivity index (χ2v) is 8.36. The van der Waals surface area contributed by atoms with E-state index in [0.717, 1.165) is 53.3 Å². The SMILES string of the molecule is CCN1C(=O)C(C)(C)c2cc3c(cc21)C1CCCC2C(C)=NN=C2C1=N3. The summed E-state index contributed by atoms with van der Waals surface area (Å²) in [4.78, 5) is 19.8. The number of nitrogens with zero attached hydrogens (tertiary/aromatic N) is 4. The predicted octanol–water partition coefficient (Wildman–Crippen LogP) is 4.13. The second-order valence-electron chi connectivity index (χ2n) is 8.36. The van der Waals surface area contributed by atoms with Gasteiger partial charge in [0.05, 0.1) is 22.5 Å². The average Bonchev–Trinajstić information content (AvgIpc) is 3.15. The summed E-state index contributed by atoms with van der Waals surface area (Å²) in [6, 6.07) is 4.38. The zero-order valence-electron chi connectivity index (χ0n) is 15.8. The number of carbonyl (C=O) groups is 1. The molecular formula is C21H24N4O. The van der Waals surface area contributed by atoms with E-state index in [4.69, 9.17) is 4.99 Å². The Kier molecular flexibility index (Phi) is 3.13. The molecule has 5 heteroatoms. The average molecular weight is 348 g/mol. The molecule has 0 saturated heterocycles. The van der Waals surface area contributed by atoms with E-state index in [9.17, 15) is 4.79 Å². The summed E-state index contributed by atoms with van der Waals surface area (Å²) in [5, 5.41) is 8.82. The van der Waals surface area contributed by atoms with Gasteiger partial charge in [-0.05, 0) is 63.8 Å². The molecule has 3 heterocycles. The Hall–Kier alpha value is -2.30. The molecular weight excluding hydrogens is 324 g/mol. The number of carbonyl (C=O) groups excluding carboxylic acids is 1. The maximum absolute atomic E-state index is 12.8. The van der Waals surface area contributed by atoms with Crippen molar-refractivity contribution in [3.63, 3.8) is 0 Å². The molecule has 5 rings (SSSR count). The molecule has 1 saturated carbocycles. The summed E-state index contributed by atoms with van der Waals surface area (Å²) < 4.78 is 0. The highest BCUT2D eigenvalue weighted by Crippen LogP contribution is 2.50. The van der Waals surface area contributed by atoms with Crippen molar-refractivity contribution < 1.29 is 4.79 Å². The number of likely N-dealkylation sites (N-methyl/N-ethyl adjacent to an activating group) is 1. The topological polar surface area (TPSA) is 57.4 Å². The van der Waals surface area contributed by atoms with Crippen molar-refractivity contribution >= 4 is 34.4 Å². The van der Waals surface area contributed by atoms with Gasteiger partial charge in [-0.2, -0.15) is 10.2 Å². The lowest BCUT2D eigenvalue weighted by Crippen LogP contribution is -2.35. The van der Waals surface area contributed by atoms with Crippen LogP contribution in [0.25, 0.3) is 0 Å². The minimum atomic E-state index is -0.488. The predicted molar refractivity (Wildman–Crippen MR) is 105 cm³/mol. The van der Waals surface area contributed by atoms with Crippen LogP contribution in [-0.2, 0) is 10.2 Å². The van der Waals surface area contributed by atoms with Crippen molar-refractivity contribution in [2.75, 3.05) is 11.4 Å². The van der Waals surface area contributed by atoms with Gasteiger partial charge in [-0.25, -0.2) is 0 Å². The number of benzene rings is 1. The van der Waals surface area contributed by atoms with E-state index in [-0.39, 0.29) is 11.8 Å². The number of hydrogen-bond donors (Lipinski definition) is 0. The van der Waals surface area contributed by atoms with Gasteiger partial charge in [-0.15, -0.1) is 0 Å². The van der Waals surface area contributed by atoms with Gasteiger partial charge in [0, 0.05) is 29.8 Å². The van der Waals surface area contributed by atoms with E-state index in [1.54, 1.807) is 0 Å². The normalized spacial score (nSPS) is 27.9. The zero-order chi connectivity index (χ0) is 18.2. The number of fused-ring (bicyclic) bond motifs is 6. The molecule has 2 atom stereocenters. The van der Waals surface area contributed by atoms with Gasteiger partial charge in [0.1, 0.15) is 0 Å². The molecule has 1 amide bonds. The monoisotopic (exact) mass is 348 g/mol. The minimum Gasteiger partial charge on any atom is -0.312 e. The van der Waals surface area contributed by atoms with Crippen LogP contribution in [0.5, 0.6) is 0 Å². The molecule has 0 radical (unpaired) electrons. The molecule has 1 aliphatic carbocycles. The highest BCUT2D eigenvalue weighted by molar-refractivity contribution is 6.50. The molecule has 26 heavy (non-hydrogen) atoms. The third-order valence-corrected chi connectivity index (χ3v) is 6.55. The lowest BCUT2D eigenvalue weighted by Gasteiger charge is -2.18. The third kappa shape index (κ3) is 1.86. The fourth-order valence-electron chi connectivity index (χ4n) is 5.02. The molecule has 134 valence electrons. The van der Waals surface area contributed by atoms with Crippen LogP contribution in [0.4, 0.5) is 11.4 Å². The summed E-state index contributed by atoms with van der Waals surface area (Å²) in [6.45, 7) is 8.86. The number of rotatable bonds is 1. The molecule has 5 nitrogen and oxygen atoms in total. The minimum absolute atomic E-state index is 0.188. The maximum atomic E-state index is 12.8. The summed E-state index contributed by atoms with van der Waals surface area (Å²) >= 11 is 0. The molecule has 1 aromatic carbocycles. The van der Waals surface area contributed by atoms with Crippen molar-refractivity contribution in [1.82, 2.24) is 0 Å². The van der Waals surface area contributed by atoms with Crippen LogP contribution in [-0.4, -0.2) is 29.6 Å². The van der Waals surface area contributed by atoms with Gasteiger partial charge >= 0.3 is 0 Å².